The summed E-state index contributed by atoms with van der Waals surface area (Å²) in [7, 11) is 1.25. The van der Waals surface area contributed by atoms with Crippen molar-refractivity contribution in [3.63, 3.8) is 0 Å². The molecule has 3 rings (SSSR count). The van der Waals surface area contributed by atoms with E-state index < -0.39 is 17.4 Å². The number of aliphatic imine (C=N–C) groups is 1. The maximum Gasteiger partial charge on any atom is 0.334 e. The van der Waals surface area contributed by atoms with E-state index in [2.05, 4.69) is 20.4 Å². The minimum absolute atomic E-state index is 0.00755. The van der Waals surface area contributed by atoms with E-state index in [0.717, 1.165) is 11.3 Å². The number of thiazole rings is 1. The second-order valence-corrected chi connectivity index (χ2v) is 9.70. The van der Waals surface area contributed by atoms with E-state index in [4.69, 9.17) is 4.74 Å². The largest absolute Gasteiger partial charge is 0.474 e. The zero-order chi connectivity index (χ0) is 25.8. The Kier molecular flexibility index (Phi) is 7.76. The monoisotopic (exact) mass is 497 g/mol. The minimum atomic E-state index is -0.848. The Morgan fingerprint density at radius 2 is 2.09 bits per heavy atom. The van der Waals surface area contributed by atoms with E-state index in [1.54, 1.807) is 37.4 Å². The molecule has 0 aliphatic carbocycles. The van der Waals surface area contributed by atoms with Crippen LogP contribution in [0.2, 0.25) is 0 Å². The Morgan fingerprint density at radius 3 is 2.71 bits per heavy atom. The number of amides is 1. The zero-order valence-electron chi connectivity index (χ0n) is 20.2. The molecule has 2 N–H and O–H groups in total. The summed E-state index contributed by atoms with van der Waals surface area (Å²) in [5.41, 5.74) is 0.550. The van der Waals surface area contributed by atoms with Crippen LogP contribution in [0.25, 0.3) is 11.8 Å². The van der Waals surface area contributed by atoms with Crippen molar-refractivity contribution in [2.75, 3.05) is 24.4 Å². The maximum absolute atomic E-state index is 13.0. The van der Waals surface area contributed by atoms with Gasteiger partial charge in [-0.25, -0.2) is 9.79 Å². The van der Waals surface area contributed by atoms with Gasteiger partial charge in [0.05, 0.1) is 7.11 Å². The predicted molar refractivity (Wildman–Crippen MR) is 134 cm³/mol. The van der Waals surface area contributed by atoms with Crippen LogP contribution in [0.5, 0.6) is 0 Å². The van der Waals surface area contributed by atoms with Gasteiger partial charge in [-0.2, -0.15) is 5.26 Å². The summed E-state index contributed by atoms with van der Waals surface area (Å²) in [6.45, 7) is 7.57. The van der Waals surface area contributed by atoms with Gasteiger partial charge in [-0.05, 0) is 25.1 Å². The Morgan fingerprint density at radius 1 is 1.37 bits per heavy atom. The lowest BCUT2D eigenvalue weighted by atomic mass is 9.95. The van der Waals surface area contributed by atoms with Crippen LogP contribution in [0, 0.1) is 16.7 Å². The Hall–Kier alpha value is -3.91. The highest BCUT2D eigenvalue weighted by Gasteiger charge is 2.29. The second-order valence-electron chi connectivity index (χ2n) is 8.67. The molecule has 2 aromatic rings. The summed E-state index contributed by atoms with van der Waals surface area (Å²) >= 11 is 1.11. The van der Waals surface area contributed by atoms with Gasteiger partial charge in [-0.15, -0.1) is 11.3 Å². The third-order valence-corrected chi connectivity index (χ3v) is 6.19. The van der Waals surface area contributed by atoms with Crippen molar-refractivity contribution in [1.82, 2.24) is 4.57 Å². The molecule has 184 valence electrons. The maximum atomic E-state index is 13.0. The molecule has 1 aromatic heterocycles. The first kappa shape index (κ1) is 25.7. The molecule has 11 heteroatoms. The van der Waals surface area contributed by atoms with E-state index in [1.165, 1.54) is 11.7 Å². The van der Waals surface area contributed by atoms with Gasteiger partial charge in [-0.3, -0.25) is 14.2 Å². The van der Waals surface area contributed by atoms with Crippen molar-refractivity contribution < 1.29 is 19.1 Å². The van der Waals surface area contributed by atoms with E-state index in [1.807, 2.05) is 26.8 Å². The SMILES string of the molecule is CCn1c(=C(C#N)C2=NC(C(=O)OC)CO2)sc(=CNc2cccc(NC(=O)C(C)(C)C)c2)c1=O. The molecule has 0 spiro atoms. The molecule has 10 nitrogen and oxygen atoms in total. The Bertz CT molecular complexity index is 1390. The highest BCUT2D eigenvalue weighted by atomic mass is 32.1. The minimum Gasteiger partial charge on any atom is -0.474 e. The molecule has 1 atom stereocenters. The molecule has 2 heterocycles. The molecule has 1 unspecified atom stereocenters. The van der Waals surface area contributed by atoms with Crippen molar-refractivity contribution in [3.05, 3.63) is 43.8 Å². The third kappa shape index (κ3) is 5.78. The fourth-order valence-electron chi connectivity index (χ4n) is 3.10. The van der Waals surface area contributed by atoms with Crippen molar-refractivity contribution in [2.45, 2.75) is 40.3 Å². The van der Waals surface area contributed by atoms with Crippen LogP contribution in [0.1, 0.15) is 27.7 Å². The lowest BCUT2D eigenvalue weighted by Crippen LogP contribution is -2.32. The number of anilines is 2. The fourth-order valence-corrected chi connectivity index (χ4v) is 4.18. The number of ether oxygens (including phenoxy) is 2. The van der Waals surface area contributed by atoms with Crippen LogP contribution >= 0.6 is 11.3 Å². The number of benzene rings is 1. The number of hydrogen-bond donors (Lipinski definition) is 2. The van der Waals surface area contributed by atoms with Gasteiger partial charge in [0, 0.05) is 29.5 Å². The number of carbonyl (C=O) groups excluding carboxylic acids is 2. The summed E-state index contributed by atoms with van der Waals surface area (Å²) in [4.78, 5) is 41.2. The van der Waals surface area contributed by atoms with E-state index in [0.29, 0.717) is 27.1 Å². The molecule has 0 saturated heterocycles. The molecule has 1 aromatic carbocycles. The fraction of sp³-hybridized carbons (Fsp3) is 0.375. The second kappa shape index (κ2) is 10.6. The molecule has 0 radical (unpaired) electrons. The van der Waals surface area contributed by atoms with Crippen LogP contribution in [0.4, 0.5) is 11.4 Å². The van der Waals surface area contributed by atoms with Gasteiger partial charge in [0.2, 0.25) is 11.8 Å². The Labute approximate surface area is 206 Å². The van der Waals surface area contributed by atoms with E-state index >= 15 is 0 Å². The van der Waals surface area contributed by atoms with Gasteiger partial charge in [-0.1, -0.05) is 26.8 Å². The van der Waals surface area contributed by atoms with Gasteiger partial charge in [0.25, 0.3) is 5.56 Å². The van der Waals surface area contributed by atoms with Crippen molar-refractivity contribution in [2.24, 2.45) is 10.4 Å². The standard InChI is InChI=1S/C24H27N5O5S/c1-6-29-20(30)18(12-26-14-8-7-9-15(10-14)27-23(32)24(2,3)4)35-21(29)16(11-25)19-28-17(13-34-19)22(31)33-5/h7-10,12,17,26H,6,13H2,1-5H3,(H,27,32). The summed E-state index contributed by atoms with van der Waals surface area (Å²) in [6, 6.07) is 8.32. The van der Waals surface area contributed by atoms with Gasteiger partial charge in [0.15, 0.2) is 6.04 Å². The first-order chi connectivity index (χ1) is 16.6. The normalized spacial score (nSPS) is 16.6. The number of aromatic nitrogens is 1. The number of rotatable bonds is 6. The average Bonchev–Trinajstić information content (AvgIpc) is 3.42. The molecule has 1 amide bonds. The molecular weight excluding hydrogens is 470 g/mol. The van der Waals surface area contributed by atoms with Crippen molar-refractivity contribution in [1.29, 1.82) is 5.26 Å². The molecule has 0 bridgehead atoms. The average molecular weight is 498 g/mol. The number of nitrogens with one attached hydrogen (secondary N) is 2. The summed E-state index contributed by atoms with van der Waals surface area (Å²) in [6.07, 6.45) is 1.55. The molecule has 1 aliphatic rings. The summed E-state index contributed by atoms with van der Waals surface area (Å²) in [5.74, 6) is -0.665. The molecule has 0 fully saturated rings. The number of nitrogens with zero attached hydrogens (tertiary/aromatic N) is 3. The van der Waals surface area contributed by atoms with Gasteiger partial charge in [0.1, 0.15) is 27.4 Å². The quantitative estimate of drug-likeness (QED) is 0.576. The zero-order valence-corrected chi connectivity index (χ0v) is 21.0. The van der Waals surface area contributed by atoms with Gasteiger partial charge < -0.3 is 20.1 Å². The van der Waals surface area contributed by atoms with E-state index in [-0.39, 0.29) is 29.5 Å². The van der Waals surface area contributed by atoms with Crippen LogP contribution in [-0.2, 0) is 25.6 Å². The highest BCUT2D eigenvalue weighted by molar-refractivity contribution is 7.07. The number of esters is 1. The number of methoxy groups -OCH3 is 1. The summed E-state index contributed by atoms with van der Waals surface area (Å²) < 4.78 is 12.3. The van der Waals surface area contributed by atoms with Crippen molar-refractivity contribution in [3.8, 4) is 6.07 Å². The van der Waals surface area contributed by atoms with Crippen LogP contribution in [-0.4, -0.2) is 42.1 Å². The highest BCUT2D eigenvalue weighted by Crippen LogP contribution is 2.20. The van der Waals surface area contributed by atoms with Crippen LogP contribution < -0.4 is 25.4 Å². The van der Waals surface area contributed by atoms with Crippen LogP contribution in [0.3, 0.4) is 0 Å². The Balaban J connectivity index is 1.97. The van der Waals surface area contributed by atoms with Crippen LogP contribution in [0.15, 0.2) is 34.1 Å². The molecular formula is C24H27N5O5S. The summed E-state index contributed by atoms with van der Waals surface area (Å²) in [5, 5.41) is 15.7. The van der Waals surface area contributed by atoms with Gasteiger partial charge >= 0.3 is 5.97 Å². The number of nitriles is 1. The first-order valence-corrected chi connectivity index (χ1v) is 11.7. The topological polar surface area (TPSA) is 135 Å². The van der Waals surface area contributed by atoms with E-state index in [9.17, 15) is 19.6 Å². The lowest BCUT2D eigenvalue weighted by molar-refractivity contribution is -0.142. The smallest absolute Gasteiger partial charge is 0.334 e. The number of carbonyl (C=O) groups is 2. The number of hydrogen-bond acceptors (Lipinski definition) is 9. The predicted octanol–water partition coefficient (Wildman–Crippen LogP) is 1.41. The molecule has 0 saturated carbocycles. The molecule has 35 heavy (non-hydrogen) atoms. The van der Waals surface area contributed by atoms with Crippen molar-refractivity contribution >= 4 is 52.3 Å². The first-order valence-electron chi connectivity index (χ1n) is 10.9. The lowest BCUT2D eigenvalue weighted by Gasteiger charge is -2.18. The third-order valence-electron chi connectivity index (χ3n) is 5.06. The molecule has 1 aliphatic heterocycles.